The molecule has 4 rings (SSSR count). The largest absolute Gasteiger partial charge is 0.480 e. The maximum atomic E-state index is 14.9. The number of hydrogen-bond donors (Lipinski definition) is 2. The predicted molar refractivity (Wildman–Crippen MR) is 107 cm³/mol. The number of carbonyl (C=O) groups excluding carboxylic acids is 1. The molecule has 1 amide bonds. The number of anilines is 1. The minimum absolute atomic E-state index is 0.0102. The number of carbonyl (C=O) groups is 1. The number of ether oxygens (including phenoxy) is 2. The van der Waals surface area contributed by atoms with Gasteiger partial charge in [0, 0.05) is 24.7 Å². The number of nitrogens with zero attached hydrogens (tertiary/aromatic N) is 4. The van der Waals surface area contributed by atoms with Crippen LogP contribution in [0.3, 0.4) is 0 Å². The van der Waals surface area contributed by atoms with E-state index in [1.165, 1.54) is 38.7 Å². The van der Waals surface area contributed by atoms with Crippen molar-refractivity contribution in [2.45, 2.75) is 17.4 Å². The first-order valence-electron chi connectivity index (χ1n) is 9.11. The van der Waals surface area contributed by atoms with Gasteiger partial charge in [-0.25, -0.2) is 32.1 Å². The van der Waals surface area contributed by atoms with E-state index in [0.29, 0.717) is 0 Å². The molecule has 2 aromatic rings. The molecule has 0 spiro atoms. The van der Waals surface area contributed by atoms with E-state index in [1.54, 1.807) is 0 Å². The van der Waals surface area contributed by atoms with Crippen molar-refractivity contribution in [1.82, 2.24) is 14.3 Å². The Balaban J connectivity index is 1.72. The standard InChI is InChI=1S/C18H19FN6O5S/c1-25-17(20)24-18(5-6-30-16(18)31(25,27)28)11-7-10(3-4-12(11)19)23-15(26)13-8-22-14(29-2)9-21-13/h3-4,7-9,16H,5-6H2,1-2H3,(H2,20,24)(H,23,26)/t16?,18-/m1/s1. The van der Waals surface area contributed by atoms with Crippen LogP contribution >= 0.6 is 0 Å². The lowest BCUT2D eigenvalue weighted by Crippen LogP contribution is -2.55. The smallest absolute Gasteiger partial charge is 0.275 e. The minimum atomic E-state index is -4.03. The fraction of sp³-hybridized carbons (Fsp3) is 0.333. The lowest BCUT2D eigenvalue weighted by molar-refractivity contribution is 0.102. The van der Waals surface area contributed by atoms with Crippen LogP contribution in [0.5, 0.6) is 5.88 Å². The van der Waals surface area contributed by atoms with Gasteiger partial charge in [-0.15, -0.1) is 0 Å². The molecule has 2 aliphatic heterocycles. The SMILES string of the molecule is COc1cnc(C(=O)Nc2ccc(F)c([C@]34CCOC3S(=O)(=O)N(C)C(N)=N4)c2)cn1. The number of nitrogens with two attached hydrogens (primary N) is 1. The number of amides is 1. The van der Waals surface area contributed by atoms with Gasteiger partial charge in [-0.3, -0.25) is 4.79 Å². The van der Waals surface area contributed by atoms with Crippen molar-refractivity contribution in [3.63, 3.8) is 0 Å². The second-order valence-corrected chi connectivity index (χ2v) is 8.96. The molecule has 3 heterocycles. The highest BCUT2D eigenvalue weighted by Crippen LogP contribution is 2.46. The number of halogens is 1. The van der Waals surface area contributed by atoms with Crippen molar-refractivity contribution in [2.75, 3.05) is 26.1 Å². The van der Waals surface area contributed by atoms with Gasteiger partial charge in [0.25, 0.3) is 15.9 Å². The first kappa shape index (κ1) is 20.9. The van der Waals surface area contributed by atoms with Gasteiger partial charge in [-0.05, 0) is 18.2 Å². The first-order chi connectivity index (χ1) is 14.7. The molecule has 0 radical (unpaired) electrons. The lowest BCUT2D eigenvalue weighted by atomic mass is 9.88. The number of fused-ring (bicyclic) bond motifs is 1. The Kier molecular flexibility index (Phi) is 5.01. The zero-order valence-corrected chi connectivity index (χ0v) is 17.4. The third-order valence-corrected chi connectivity index (χ3v) is 7.21. The number of rotatable bonds is 4. The van der Waals surface area contributed by atoms with Crippen LogP contribution in [-0.2, 0) is 20.3 Å². The number of aliphatic imine (C=N–C) groups is 1. The molecule has 1 aromatic heterocycles. The van der Waals surface area contributed by atoms with E-state index in [9.17, 15) is 17.6 Å². The lowest BCUT2D eigenvalue weighted by Gasteiger charge is -2.38. The molecule has 2 aliphatic rings. The predicted octanol–water partition coefficient (Wildman–Crippen LogP) is 0.408. The third kappa shape index (κ3) is 3.35. The van der Waals surface area contributed by atoms with Gasteiger partial charge >= 0.3 is 0 Å². The molecule has 1 fully saturated rings. The maximum Gasteiger partial charge on any atom is 0.275 e. The molecule has 1 unspecified atom stereocenters. The van der Waals surface area contributed by atoms with Crippen LogP contribution in [0.15, 0.2) is 35.6 Å². The molecule has 1 saturated heterocycles. The first-order valence-corrected chi connectivity index (χ1v) is 10.6. The van der Waals surface area contributed by atoms with Crippen molar-refractivity contribution in [2.24, 2.45) is 10.7 Å². The molecular formula is C18H19FN6O5S. The average Bonchev–Trinajstić information content (AvgIpc) is 3.19. The Bertz CT molecular complexity index is 1170. The van der Waals surface area contributed by atoms with E-state index < -0.39 is 32.7 Å². The highest BCUT2D eigenvalue weighted by molar-refractivity contribution is 7.90. The van der Waals surface area contributed by atoms with Crippen molar-refractivity contribution in [3.8, 4) is 5.88 Å². The number of sulfonamides is 1. The number of methoxy groups -OCH3 is 1. The Labute approximate surface area is 177 Å². The second kappa shape index (κ2) is 7.42. The summed E-state index contributed by atoms with van der Waals surface area (Å²) in [6.07, 6.45) is 2.61. The molecule has 3 N–H and O–H groups in total. The Morgan fingerprint density at radius 3 is 2.84 bits per heavy atom. The van der Waals surface area contributed by atoms with Crippen LogP contribution in [0.25, 0.3) is 0 Å². The van der Waals surface area contributed by atoms with E-state index in [2.05, 4.69) is 20.3 Å². The zero-order valence-electron chi connectivity index (χ0n) is 16.6. The van der Waals surface area contributed by atoms with E-state index in [4.69, 9.17) is 15.2 Å². The highest BCUT2D eigenvalue weighted by atomic mass is 32.2. The number of guanidine groups is 1. The summed E-state index contributed by atoms with van der Waals surface area (Å²) in [5.74, 6) is -1.33. The summed E-state index contributed by atoms with van der Waals surface area (Å²) < 4.78 is 51.7. The summed E-state index contributed by atoms with van der Waals surface area (Å²) in [6.45, 7) is 0.0476. The molecule has 31 heavy (non-hydrogen) atoms. The maximum absolute atomic E-state index is 14.9. The fourth-order valence-corrected chi connectivity index (χ4v) is 5.20. The Morgan fingerprint density at radius 1 is 1.39 bits per heavy atom. The molecule has 11 nitrogen and oxygen atoms in total. The molecular weight excluding hydrogens is 431 g/mol. The fourth-order valence-electron chi connectivity index (χ4n) is 3.56. The monoisotopic (exact) mass is 450 g/mol. The number of hydrogen-bond acceptors (Lipinski definition) is 9. The van der Waals surface area contributed by atoms with Crippen LogP contribution in [0.4, 0.5) is 10.1 Å². The summed E-state index contributed by atoms with van der Waals surface area (Å²) in [5.41, 5.74) is 2.99. The normalized spacial score (nSPS) is 24.3. The van der Waals surface area contributed by atoms with Crippen molar-refractivity contribution in [3.05, 3.63) is 47.7 Å². The zero-order chi connectivity index (χ0) is 22.4. The van der Waals surface area contributed by atoms with E-state index in [0.717, 1.165) is 10.4 Å². The topological polar surface area (TPSA) is 149 Å². The van der Waals surface area contributed by atoms with Gasteiger partial charge in [0.2, 0.25) is 17.3 Å². The van der Waals surface area contributed by atoms with Crippen molar-refractivity contribution >= 4 is 27.6 Å². The van der Waals surface area contributed by atoms with Gasteiger partial charge in [0.05, 0.1) is 26.1 Å². The Hall–Kier alpha value is -3.32. The summed E-state index contributed by atoms with van der Waals surface area (Å²) in [7, 11) is -1.35. The van der Waals surface area contributed by atoms with Gasteiger partial charge < -0.3 is 20.5 Å². The Morgan fingerprint density at radius 2 is 2.16 bits per heavy atom. The highest BCUT2D eigenvalue weighted by Gasteiger charge is 2.58. The van der Waals surface area contributed by atoms with Crippen molar-refractivity contribution in [1.29, 1.82) is 0 Å². The third-order valence-electron chi connectivity index (χ3n) is 5.19. The number of benzene rings is 1. The quantitative estimate of drug-likeness (QED) is 0.680. The van der Waals surface area contributed by atoms with Gasteiger partial charge in [-0.1, -0.05) is 0 Å². The summed E-state index contributed by atoms with van der Waals surface area (Å²) in [4.78, 5) is 24.7. The molecule has 0 aliphatic carbocycles. The van der Waals surface area contributed by atoms with Crippen LogP contribution in [0.1, 0.15) is 22.5 Å². The molecule has 0 saturated carbocycles. The minimum Gasteiger partial charge on any atom is -0.480 e. The molecule has 13 heteroatoms. The van der Waals surface area contributed by atoms with E-state index in [-0.39, 0.29) is 41.8 Å². The molecule has 0 bridgehead atoms. The molecule has 164 valence electrons. The van der Waals surface area contributed by atoms with Crippen LogP contribution in [0.2, 0.25) is 0 Å². The van der Waals surface area contributed by atoms with Gasteiger partial charge in [0.15, 0.2) is 0 Å². The van der Waals surface area contributed by atoms with Gasteiger partial charge in [0.1, 0.15) is 17.1 Å². The molecule has 1 aromatic carbocycles. The van der Waals surface area contributed by atoms with Crippen molar-refractivity contribution < 1.29 is 27.1 Å². The van der Waals surface area contributed by atoms with Crippen LogP contribution in [0, 0.1) is 5.82 Å². The summed E-state index contributed by atoms with van der Waals surface area (Å²) >= 11 is 0. The van der Waals surface area contributed by atoms with E-state index in [1.807, 2.05) is 0 Å². The number of aromatic nitrogens is 2. The van der Waals surface area contributed by atoms with Crippen LogP contribution < -0.4 is 15.8 Å². The van der Waals surface area contributed by atoms with Gasteiger partial charge in [-0.2, -0.15) is 0 Å². The molecule has 2 atom stereocenters. The second-order valence-electron chi connectivity index (χ2n) is 6.95. The average molecular weight is 450 g/mol. The van der Waals surface area contributed by atoms with E-state index >= 15 is 0 Å². The van der Waals surface area contributed by atoms with Crippen LogP contribution in [-0.4, -0.2) is 60.8 Å². The summed E-state index contributed by atoms with van der Waals surface area (Å²) in [6, 6.07) is 3.78. The summed E-state index contributed by atoms with van der Waals surface area (Å²) in [5, 5.41) is 2.59. The number of nitrogens with one attached hydrogen (secondary N) is 1.